The predicted octanol–water partition coefficient (Wildman–Crippen LogP) is 0.923. The standard InChI is InChI=1S/C12H17NO5/c1-15-10-7-9(12(14)17-3)6-8(4-5-18-13)11(10)16-2/h6-7H,4-5,13H2,1-3H3. The van der Waals surface area contributed by atoms with Gasteiger partial charge in [-0.2, -0.15) is 0 Å². The molecule has 0 heterocycles. The Morgan fingerprint density at radius 2 is 1.94 bits per heavy atom. The fourth-order valence-electron chi connectivity index (χ4n) is 1.63. The van der Waals surface area contributed by atoms with Gasteiger partial charge >= 0.3 is 5.97 Å². The van der Waals surface area contributed by atoms with E-state index in [2.05, 4.69) is 9.57 Å². The third-order valence-corrected chi connectivity index (χ3v) is 2.47. The fourth-order valence-corrected chi connectivity index (χ4v) is 1.63. The number of rotatable bonds is 6. The Morgan fingerprint density at radius 1 is 1.22 bits per heavy atom. The van der Waals surface area contributed by atoms with E-state index in [1.165, 1.54) is 21.3 Å². The largest absolute Gasteiger partial charge is 0.493 e. The van der Waals surface area contributed by atoms with Crippen molar-refractivity contribution in [2.45, 2.75) is 6.42 Å². The molecule has 0 spiro atoms. The van der Waals surface area contributed by atoms with Crippen molar-refractivity contribution in [2.75, 3.05) is 27.9 Å². The first-order chi connectivity index (χ1) is 8.67. The Kier molecular flexibility index (Phi) is 5.41. The van der Waals surface area contributed by atoms with Gasteiger partial charge in [-0.15, -0.1) is 0 Å². The summed E-state index contributed by atoms with van der Waals surface area (Å²) in [6.07, 6.45) is 0.501. The van der Waals surface area contributed by atoms with Gasteiger partial charge in [0.1, 0.15) is 0 Å². The molecule has 0 aliphatic heterocycles. The molecular formula is C12H17NO5. The number of hydrogen-bond acceptors (Lipinski definition) is 6. The molecule has 0 aromatic heterocycles. The van der Waals surface area contributed by atoms with Crippen LogP contribution in [0.1, 0.15) is 15.9 Å². The third-order valence-electron chi connectivity index (χ3n) is 2.47. The Morgan fingerprint density at radius 3 is 2.44 bits per heavy atom. The van der Waals surface area contributed by atoms with E-state index >= 15 is 0 Å². The molecular weight excluding hydrogens is 238 g/mol. The van der Waals surface area contributed by atoms with E-state index in [0.29, 0.717) is 30.1 Å². The van der Waals surface area contributed by atoms with Crippen LogP contribution in [0.5, 0.6) is 11.5 Å². The molecule has 0 fully saturated rings. The van der Waals surface area contributed by atoms with Gasteiger partial charge in [0.25, 0.3) is 0 Å². The van der Waals surface area contributed by atoms with Crippen LogP contribution in [0.25, 0.3) is 0 Å². The van der Waals surface area contributed by atoms with Gasteiger partial charge in [-0.05, 0) is 12.1 Å². The van der Waals surface area contributed by atoms with Crippen LogP contribution in [-0.2, 0) is 16.0 Å². The van der Waals surface area contributed by atoms with Crippen molar-refractivity contribution in [1.82, 2.24) is 0 Å². The predicted molar refractivity (Wildman–Crippen MR) is 64.7 cm³/mol. The average molecular weight is 255 g/mol. The Bertz CT molecular complexity index is 419. The second-order valence-electron chi connectivity index (χ2n) is 3.48. The van der Waals surface area contributed by atoms with Gasteiger partial charge in [-0.1, -0.05) is 0 Å². The first kappa shape index (κ1) is 14.3. The number of carbonyl (C=O) groups excluding carboxylic acids is 1. The summed E-state index contributed by atoms with van der Waals surface area (Å²) in [6.45, 7) is 0.310. The van der Waals surface area contributed by atoms with Gasteiger partial charge in [0.2, 0.25) is 0 Å². The lowest BCUT2D eigenvalue weighted by Gasteiger charge is -2.14. The zero-order valence-electron chi connectivity index (χ0n) is 10.7. The van der Waals surface area contributed by atoms with E-state index in [-0.39, 0.29) is 0 Å². The molecule has 0 atom stereocenters. The van der Waals surface area contributed by atoms with Crippen molar-refractivity contribution in [2.24, 2.45) is 5.90 Å². The third kappa shape index (κ3) is 3.12. The van der Waals surface area contributed by atoms with Crippen molar-refractivity contribution < 1.29 is 23.8 Å². The maximum atomic E-state index is 11.5. The van der Waals surface area contributed by atoms with Crippen LogP contribution in [0, 0.1) is 0 Å². The summed E-state index contributed by atoms with van der Waals surface area (Å²) in [6, 6.07) is 3.24. The lowest BCUT2D eigenvalue weighted by molar-refractivity contribution is 0.0600. The van der Waals surface area contributed by atoms with Gasteiger partial charge in [0, 0.05) is 12.0 Å². The summed E-state index contributed by atoms with van der Waals surface area (Å²) in [5.41, 5.74) is 1.16. The summed E-state index contributed by atoms with van der Waals surface area (Å²) >= 11 is 0. The molecule has 6 nitrogen and oxygen atoms in total. The SMILES string of the molecule is COC(=O)c1cc(CCON)c(OC)c(OC)c1. The summed E-state index contributed by atoms with van der Waals surface area (Å²) in [5, 5.41) is 0. The lowest BCUT2D eigenvalue weighted by Crippen LogP contribution is -2.08. The molecule has 0 bridgehead atoms. The molecule has 0 amide bonds. The molecule has 0 saturated carbocycles. The average Bonchev–Trinajstić information content (AvgIpc) is 2.42. The fraction of sp³-hybridized carbons (Fsp3) is 0.417. The maximum Gasteiger partial charge on any atom is 0.337 e. The van der Waals surface area contributed by atoms with Crippen LogP contribution < -0.4 is 15.4 Å². The molecule has 6 heteroatoms. The minimum Gasteiger partial charge on any atom is -0.493 e. The van der Waals surface area contributed by atoms with E-state index in [9.17, 15) is 4.79 Å². The number of carbonyl (C=O) groups is 1. The molecule has 0 saturated heterocycles. The molecule has 100 valence electrons. The van der Waals surface area contributed by atoms with E-state index in [1.807, 2.05) is 0 Å². The maximum absolute atomic E-state index is 11.5. The summed E-state index contributed by atoms with van der Waals surface area (Å²) in [4.78, 5) is 16.1. The van der Waals surface area contributed by atoms with Crippen LogP contribution >= 0.6 is 0 Å². The zero-order chi connectivity index (χ0) is 13.5. The van der Waals surface area contributed by atoms with E-state index in [1.54, 1.807) is 12.1 Å². The van der Waals surface area contributed by atoms with E-state index in [0.717, 1.165) is 5.56 Å². The first-order valence-corrected chi connectivity index (χ1v) is 5.32. The highest BCUT2D eigenvalue weighted by molar-refractivity contribution is 5.90. The van der Waals surface area contributed by atoms with Crippen molar-refractivity contribution in [1.29, 1.82) is 0 Å². The number of benzene rings is 1. The van der Waals surface area contributed by atoms with Gasteiger partial charge in [0.05, 0.1) is 33.5 Å². The second-order valence-corrected chi connectivity index (χ2v) is 3.48. The minimum atomic E-state index is -0.439. The van der Waals surface area contributed by atoms with Gasteiger partial charge in [0.15, 0.2) is 11.5 Å². The summed E-state index contributed by atoms with van der Waals surface area (Å²) in [5.74, 6) is 5.58. The van der Waals surface area contributed by atoms with Crippen LogP contribution in [-0.4, -0.2) is 33.9 Å². The van der Waals surface area contributed by atoms with Crippen LogP contribution in [0.3, 0.4) is 0 Å². The molecule has 1 aromatic rings. The lowest BCUT2D eigenvalue weighted by atomic mass is 10.1. The van der Waals surface area contributed by atoms with Crippen LogP contribution in [0.15, 0.2) is 12.1 Å². The van der Waals surface area contributed by atoms with Crippen molar-refractivity contribution in [3.05, 3.63) is 23.3 Å². The molecule has 0 unspecified atom stereocenters. The van der Waals surface area contributed by atoms with Gasteiger partial charge < -0.3 is 19.0 Å². The number of methoxy groups -OCH3 is 3. The zero-order valence-corrected chi connectivity index (χ0v) is 10.7. The van der Waals surface area contributed by atoms with Crippen LogP contribution in [0.4, 0.5) is 0 Å². The van der Waals surface area contributed by atoms with Crippen molar-refractivity contribution >= 4 is 5.97 Å². The summed E-state index contributed by atoms with van der Waals surface area (Å²) < 4.78 is 15.1. The Labute approximate surface area is 106 Å². The molecule has 18 heavy (non-hydrogen) atoms. The highest BCUT2D eigenvalue weighted by Gasteiger charge is 2.16. The Hall–Kier alpha value is -1.79. The number of hydrogen-bond donors (Lipinski definition) is 1. The number of ether oxygens (including phenoxy) is 3. The molecule has 0 aliphatic carbocycles. The molecule has 1 rings (SSSR count). The number of esters is 1. The van der Waals surface area contributed by atoms with Crippen LogP contribution in [0.2, 0.25) is 0 Å². The minimum absolute atomic E-state index is 0.310. The highest BCUT2D eigenvalue weighted by Crippen LogP contribution is 2.33. The van der Waals surface area contributed by atoms with E-state index in [4.69, 9.17) is 15.4 Å². The van der Waals surface area contributed by atoms with E-state index < -0.39 is 5.97 Å². The molecule has 1 aromatic carbocycles. The normalized spacial score (nSPS) is 10.0. The summed E-state index contributed by atoms with van der Waals surface area (Å²) in [7, 11) is 4.35. The molecule has 2 N–H and O–H groups in total. The highest BCUT2D eigenvalue weighted by atomic mass is 16.6. The van der Waals surface area contributed by atoms with Gasteiger partial charge in [-0.3, -0.25) is 0 Å². The molecule has 0 aliphatic rings. The Balaban J connectivity index is 3.21. The van der Waals surface area contributed by atoms with Gasteiger partial charge in [-0.25, -0.2) is 10.7 Å². The van der Waals surface area contributed by atoms with Crippen molar-refractivity contribution in [3.8, 4) is 11.5 Å². The quantitative estimate of drug-likeness (QED) is 0.601. The number of nitrogens with two attached hydrogens (primary N) is 1. The molecule has 0 radical (unpaired) electrons. The smallest absolute Gasteiger partial charge is 0.337 e. The topological polar surface area (TPSA) is 80.0 Å². The van der Waals surface area contributed by atoms with Crippen molar-refractivity contribution in [3.63, 3.8) is 0 Å². The monoisotopic (exact) mass is 255 g/mol. The second kappa shape index (κ2) is 6.83. The first-order valence-electron chi connectivity index (χ1n) is 5.32.